The molecular weight excluding hydrogens is 406 g/mol. The van der Waals surface area contributed by atoms with Gasteiger partial charge in [-0.2, -0.15) is 0 Å². The minimum Gasteiger partial charge on any atom is -0.496 e. The van der Waals surface area contributed by atoms with Crippen molar-refractivity contribution in [1.82, 2.24) is 4.98 Å². The van der Waals surface area contributed by atoms with E-state index in [2.05, 4.69) is 4.98 Å². The van der Waals surface area contributed by atoms with Crippen LogP contribution < -0.4 is 18.9 Å². The fourth-order valence-corrected chi connectivity index (χ4v) is 3.92. The van der Waals surface area contributed by atoms with Crippen LogP contribution in [0.1, 0.15) is 21.5 Å². The lowest BCUT2D eigenvalue weighted by Crippen LogP contribution is -2.00. The lowest BCUT2D eigenvalue weighted by molar-refractivity contribution is 0.103. The van der Waals surface area contributed by atoms with Crippen LogP contribution in [0, 0.1) is 0 Å². The van der Waals surface area contributed by atoms with Crippen LogP contribution in [0.5, 0.6) is 23.0 Å². The number of hydrogen-bond donors (Lipinski definition) is 0. The fraction of sp³-hybridized carbons (Fsp3) is 0.217. The van der Waals surface area contributed by atoms with Crippen LogP contribution >= 0.6 is 11.6 Å². The molecule has 1 aromatic heterocycles. The Morgan fingerprint density at radius 3 is 2.20 bits per heavy atom. The minimum absolute atomic E-state index is 0.107. The minimum atomic E-state index is -0.107. The topological polar surface area (TPSA) is 66.9 Å². The molecule has 30 heavy (non-hydrogen) atoms. The summed E-state index contributed by atoms with van der Waals surface area (Å²) in [6.07, 6.45) is 2.20. The fourth-order valence-electron chi connectivity index (χ4n) is 3.72. The molecule has 0 bridgehead atoms. The third-order valence-corrected chi connectivity index (χ3v) is 5.49. The van der Waals surface area contributed by atoms with Crippen molar-refractivity contribution in [2.24, 2.45) is 0 Å². The monoisotopic (exact) mass is 425 g/mol. The zero-order chi connectivity index (χ0) is 21.4. The Morgan fingerprint density at radius 1 is 0.900 bits per heavy atom. The first-order valence-corrected chi connectivity index (χ1v) is 9.59. The molecule has 0 spiro atoms. The van der Waals surface area contributed by atoms with Crippen LogP contribution in [0.2, 0.25) is 5.15 Å². The highest BCUT2D eigenvalue weighted by atomic mass is 35.5. The molecule has 0 amide bonds. The van der Waals surface area contributed by atoms with E-state index in [1.807, 2.05) is 12.1 Å². The zero-order valence-electron chi connectivity index (χ0n) is 17.0. The number of ether oxygens (including phenoxy) is 4. The molecule has 0 saturated carbocycles. The molecule has 0 fully saturated rings. The summed E-state index contributed by atoms with van der Waals surface area (Å²) in [5, 5.41) is 1.12. The lowest BCUT2D eigenvalue weighted by atomic mass is 10.1. The second kappa shape index (κ2) is 7.88. The summed E-state index contributed by atoms with van der Waals surface area (Å²) >= 11 is 6.44. The number of carbonyl (C=O) groups excluding carboxylic acids is 1. The molecule has 0 radical (unpaired) electrons. The number of carbonyl (C=O) groups is 1. The van der Waals surface area contributed by atoms with Crippen molar-refractivity contribution < 1.29 is 23.7 Å². The van der Waals surface area contributed by atoms with Crippen molar-refractivity contribution in [3.8, 4) is 23.0 Å². The van der Waals surface area contributed by atoms with Gasteiger partial charge in [-0.15, -0.1) is 0 Å². The van der Waals surface area contributed by atoms with Gasteiger partial charge < -0.3 is 18.9 Å². The van der Waals surface area contributed by atoms with Crippen molar-refractivity contribution in [3.05, 3.63) is 57.7 Å². The molecule has 1 heterocycles. The molecule has 4 rings (SSSR count). The first kappa shape index (κ1) is 20.0. The van der Waals surface area contributed by atoms with Gasteiger partial charge in [-0.1, -0.05) is 11.6 Å². The van der Waals surface area contributed by atoms with E-state index in [1.54, 1.807) is 52.7 Å². The van der Waals surface area contributed by atoms with Gasteiger partial charge >= 0.3 is 0 Å². The van der Waals surface area contributed by atoms with E-state index < -0.39 is 0 Å². The number of pyridine rings is 1. The van der Waals surface area contributed by atoms with E-state index in [0.29, 0.717) is 56.8 Å². The largest absolute Gasteiger partial charge is 0.496 e. The average molecular weight is 426 g/mol. The van der Waals surface area contributed by atoms with Crippen LogP contribution in [0.15, 0.2) is 35.9 Å². The number of allylic oxidation sites excluding steroid dienone is 1. The number of methoxy groups -OCH3 is 4. The standard InChI is InChI=1S/C23H20ClNO5/c1-27-17-5-6-18(28-2)21-15(17)9-13(22(21)26)8-14-7-12-10-19(29-3)20(30-4)11-16(12)25-23(14)24/h5-8,10-11H,9H2,1-4H3/b13-8+. The summed E-state index contributed by atoms with van der Waals surface area (Å²) in [4.78, 5) is 17.6. The molecule has 1 aliphatic carbocycles. The third-order valence-electron chi connectivity index (χ3n) is 5.19. The molecule has 0 saturated heterocycles. The summed E-state index contributed by atoms with van der Waals surface area (Å²) in [6, 6.07) is 9.02. The number of fused-ring (bicyclic) bond motifs is 2. The molecule has 7 heteroatoms. The van der Waals surface area contributed by atoms with Crippen LogP contribution in [0.4, 0.5) is 0 Å². The van der Waals surface area contributed by atoms with Crippen LogP contribution in [-0.2, 0) is 6.42 Å². The summed E-state index contributed by atoms with van der Waals surface area (Å²) in [5.41, 5.74) is 3.25. The van der Waals surface area contributed by atoms with Gasteiger partial charge in [0.2, 0.25) is 0 Å². The summed E-state index contributed by atoms with van der Waals surface area (Å²) in [5.74, 6) is 2.23. The molecule has 1 aliphatic rings. The van der Waals surface area contributed by atoms with Crippen molar-refractivity contribution >= 4 is 34.4 Å². The smallest absolute Gasteiger partial charge is 0.193 e. The first-order valence-electron chi connectivity index (χ1n) is 9.22. The molecule has 0 unspecified atom stereocenters. The second-order valence-corrected chi connectivity index (χ2v) is 7.13. The van der Waals surface area contributed by atoms with Crippen molar-refractivity contribution in [2.75, 3.05) is 28.4 Å². The average Bonchev–Trinajstić information content (AvgIpc) is 3.09. The van der Waals surface area contributed by atoms with E-state index in [0.717, 1.165) is 10.9 Å². The summed E-state index contributed by atoms with van der Waals surface area (Å²) < 4.78 is 21.5. The van der Waals surface area contributed by atoms with Crippen LogP contribution in [-0.4, -0.2) is 39.2 Å². The van der Waals surface area contributed by atoms with E-state index in [-0.39, 0.29) is 5.78 Å². The molecule has 2 aromatic carbocycles. The third kappa shape index (κ3) is 3.23. The second-order valence-electron chi connectivity index (χ2n) is 6.77. The summed E-state index contributed by atoms with van der Waals surface area (Å²) in [6.45, 7) is 0. The molecule has 6 nitrogen and oxygen atoms in total. The van der Waals surface area contributed by atoms with Gasteiger partial charge in [-0.3, -0.25) is 4.79 Å². The number of hydrogen-bond acceptors (Lipinski definition) is 6. The molecule has 0 N–H and O–H groups in total. The maximum atomic E-state index is 13.1. The van der Waals surface area contributed by atoms with Gasteiger partial charge in [0.05, 0.1) is 39.5 Å². The quantitative estimate of drug-likeness (QED) is 0.434. The predicted octanol–water partition coefficient (Wildman–Crippen LogP) is 4.75. The van der Waals surface area contributed by atoms with Crippen molar-refractivity contribution in [3.63, 3.8) is 0 Å². The van der Waals surface area contributed by atoms with Gasteiger partial charge in [0, 0.05) is 34.6 Å². The molecule has 0 atom stereocenters. The van der Waals surface area contributed by atoms with Crippen molar-refractivity contribution in [2.45, 2.75) is 6.42 Å². The molecule has 3 aromatic rings. The Bertz CT molecular complexity index is 1200. The maximum Gasteiger partial charge on any atom is 0.193 e. The van der Waals surface area contributed by atoms with E-state index >= 15 is 0 Å². The van der Waals surface area contributed by atoms with Gasteiger partial charge in [-0.25, -0.2) is 4.98 Å². The maximum absolute atomic E-state index is 13.1. The highest BCUT2D eigenvalue weighted by molar-refractivity contribution is 6.31. The van der Waals surface area contributed by atoms with E-state index in [1.165, 1.54) is 0 Å². The van der Waals surface area contributed by atoms with Gasteiger partial charge in [0.15, 0.2) is 17.3 Å². The van der Waals surface area contributed by atoms with Crippen molar-refractivity contribution in [1.29, 1.82) is 0 Å². The Kier molecular flexibility index (Phi) is 5.26. The molecule has 154 valence electrons. The van der Waals surface area contributed by atoms with Crippen LogP contribution in [0.3, 0.4) is 0 Å². The number of halogens is 1. The first-order chi connectivity index (χ1) is 14.5. The van der Waals surface area contributed by atoms with Gasteiger partial charge in [0.25, 0.3) is 0 Å². The Hall–Kier alpha value is -3.25. The highest BCUT2D eigenvalue weighted by Gasteiger charge is 2.31. The Balaban J connectivity index is 1.81. The normalized spacial score (nSPS) is 14.2. The Labute approximate surface area is 179 Å². The van der Waals surface area contributed by atoms with E-state index in [4.69, 9.17) is 30.5 Å². The Morgan fingerprint density at radius 2 is 1.53 bits per heavy atom. The van der Waals surface area contributed by atoms with E-state index in [9.17, 15) is 4.79 Å². The predicted molar refractivity (Wildman–Crippen MR) is 115 cm³/mol. The summed E-state index contributed by atoms with van der Waals surface area (Å²) in [7, 11) is 6.27. The molecule has 0 aliphatic heterocycles. The number of aromatic nitrogens is 1. The zero-order valence-corrected chi connectivity index (χ0v) is 17.8. The number of nitrogens with zero attached hydrogens (tertiary/aromatic N) is 1. The van der Waals surface area contributed by atoms with Crippen LogP contribution in [0.25, 0.3) is 17.0 Å². The highest BCUT2D eigenvalue weighted by Crippen LogP contribution is 2.40. The lowest BCUT2D eigenvalue weighted by Gasteiger charge is -2.10. The van der Waals surface area contributed by atoms with Gasteiger partial charge in [0.1, 0.15) is 16.7 Å². The molecular formula is C23H20ClNO5. The number of rotatable bonds is 5. The number of ketones is 1. The number of Topliss-reactive ketones (excluding diaryl/α,β-unsaturated/α-hetero) is 1. The number of benzene rings is 2. The van der Waals surface area contributed by atoms with Gasteiger partial charge in [-0.05, 0) is 30.3 Å². The SMILES string of the molecule is COc1cc2cc(/C=C3\Cc4c(OC)ccc(OC)c4C3=O)c(Cl)nc2cc1OC.